The minimum atomic E-state index is -5.28. The van der Waals surface area contributed by atoms with Crippen LogP contribution in [-0.4, -0.2) is 9.13 Å². The van der Waals surface area contributed by atoms with E-state index in [1.165, 1.54) is 77.4 Å². The predicted octanol–water partition coefficient (Wildman–Crippen LogP) is 20.5. The number of benzene rings is 9. The van der Waals surface area contributed by atoms with Crippen molar-refractivity contribution in [2.75, 3.05) is 0 Å². The minimum absolute atomic E-state index is 0.00487. The van der Waals surface area contributed by atoms with Gasteiger partial charge in [0.25, 0.3) is 0 Å². The van der Waals surface area contributed by atoms with E-state index in [1.807, 2.05) is 6.07 Å². The molecule has 3 nitrogen and oxygen atoms in total. The molecule has 2 aromatic heterocycles. The fraction of sp³-hybridized carbons (Fsp3) is 0.0984. The Morgan fingerprint density at radius 1 is 0.268 bits per heavy atom. The first-order valence-corrected chi connectivity index (χ1v) is 24.0. The Morgan fingerprint density at radius 3 is 0.963 bits per heavy atom. The van der Waals surface area contributed by atoms with Crippen LogP contribution in [0.5, 0.6) is 0 Å². The maximum absolute atomic E-state index is 14.4. The SMILES string of the molecule is N#Cc1ccc(-n2c3ccccc3c3cc(-c4cc(C(F)(F)F)cc(C(F)(F)F)c4)ccc32)c(-c2ccc(-c3cc(C(F)(F)F)cc(C(F)(F)F)c3)cc2-n2c3ccccc3c3cc(-c4cc(C(F)(F)F)cc(C(F)(F)F)c4)ccc32)c1. The summed E-state index contributed by atoms with van der Waals surface area (Å²) in [7, 11) is 0. The van der Waals surface area contributed by atoms with Crippen LogP contribution in [0.25, 0.3) is 99.5 Å². The van der Waals surface area contributed by atoms with Gasteiger partial charge in [-0.15, -0.1) is 0 Å². The third-order valence-corrected chi connectivity index (χ3v) is 14.0. The number of hydrogen-bond acceptors (Lipinski definition) is 1. The highest BCUT2D eigenvalue weighted by molar-refractivity contribution is 6.13. The number of fused-ring (bicyclic) bond motifs is 6. The summed E-state index contributed by atoms with van der Waals surface area (Å²) in [5.41, 5.74) is -9.76. The van der Waals surface area contributed by atoms with Crippen LogP contribution in [0.1, 0.15) is 38.9 Å². The van der Waals surface area contributed by atoms with Gasteiger partial charge in [-0.2, -0.15) is 84.3 Å². The van der Waals surface area contributed by atoms with Crippen molar-refractivity contribution in [3.8, 4) is 62.0 Å². The van der Waals surface area contributed by atoms with Crippen molar-refractivity contribution >= 4 is 43.6 Å². The van der Waals surface area contributed by atoms with E-state index in [0.29, 0.717) is 63.6 Å². The molecule has 0 bridgehead atoms. The fourth-order valence-corrected chi connectivity index (χ4v) is 10.3. The largest absolute Gasteiger partial charge is 0.416 e. The zero-order valence-electron chi connectivity index (χ0n) is 40.9. The van der Waals surface area contributed by atoms with Crippen molar-refractivity contribution in [2.45, 2.75) is 37.1 Å². The summed E-state index contributed by atoms with van der Waals surface area (Å²) in [5, 5.41) is 11.7. The highest BCUT2D eigenvalue weighted by Gasteiger charge is 2.40. The summed E-state index contributed by atoms with van der Waals surface area (Å²) in [4.78, 5) is 0. The molecule has 0 fully saturated rings. The zero-order valence-corrected chi connectivity index (χ0v) is 40.9. The standard InChI is InChI=1S/C61H29F18N3/c62-56(63,64)38-18-35(19-39(27-38)57(65,66)67)32-11-15-53-48(24-32)44-5-1-3-7-50(44)81(53)52-14-9-31(30-80)17-47(52)46-13-10-34(37-22-42(60(74,75)76)29-43(23-37)61(77,78)79)26-55(46)82-51-8-4-2-6-45(51)49-25-33(12-16-54(49)82)36-20-40(58(68,69)70)28-41(21-36)59(71,72)73/h1-29H. The number of nitrogens with zero attached hydrogens (tertiary/aromatic N) is 3. The van der Waals surface area contributed by atoms with E-state index >= 15 is 0 Å². The summed E-state index contributed by atoms with van der Waals surface area (Å²) >= 11 is 0. The number of hydrogen-bond donors (Lipinski definition) is 0. The van der Waals surface area contributed by atoms with Crippen LogP contribution in [0, 0.1) is 11.3 Å². The third kappa shape index (κ3) is 9.89. The number of aromatic nitrogens is 2. The van der Waals surface area contributed by atoms with E-state index in [1.54, 1.807) is 53.1 Å². The smallest absolute Gasteiger partial charge is 0.309 e. The summed E-state index contributed by atoms with van der Waals surface area (Å²) in [5.74, 6) is 0. The van der Waals surface area contributed by atoms with Gasteiger partial charge >= 0.3 is 37.1 Å². The summed E-state index contributed by atoms with van der Waals surface area (Å²) in [6.07, 6.45) is -31.3. The van der Waals surface area contributed by atoms with E-state index in [0.717, 1.165) is 0 Å². The first-order valence-electron chi connectivity index (χ1n) is 24.0. The second-order valence-electron chi connectivity index (χ2n) is 19.1. The maximum Gasteiger partial charge on any atom is 0.416 e. The number of rotatable bonds is 6. The molecule has 0 unspecified atom stereocenters. The lowest BCUT2D eigenvalue weighted by Gasteiger charge is -2.21. The molecule has 0 aliphatic rings. The van der Waals surface area contributed by atoms with E-state index in [-0.39, 0.29) is 79.4 Å². The van der Waals surface area contributed by atoms with Gasteiger partial charge < -0.3 is 9.13 Å². The highest BCUT2D eigenvalue weighted by Crippen LogP contribution is 2.47. The molecule has 11 aromatic rings. The molecule has 0 aliphatic carbocycles. The summed E-state index contributed by atoms with van der Waals surface area (Å²) in [6.45, 7) is 0. The maximum atomic E-state index is 14.4. The van der Waals surface area contributed by atoms with Crippen LogP contribution < -0.4 is 0 Å². The van der Waals surface area contributed by atoms with Crippen LogP contribution in [0.15, 0.2) is 176 Å². The average molecular weight is 1150 g/mol. The van der Waals surface area contributed by atoms with Gasteiger partial charge in [-0.1, -0.05) is 60.7 Å². The molecule has 9 aromatic carbocycles. The molecule has 2 heterocycles. The first kappa shape index (κ1) is 54.8. The van der Waals surface area contributed by atoms with Gasteiger partial charge in [0.1, 0.15) is 0 Å². The molecule has 0 atom stereocenters. The third-order valence-electron chi connectivity index (χ3n) is 14.0. The Hall–Kier alpha value is -9.19. The zero-order chi connectivity index (χ0) is 58.8. The lowest BCUT2D eigenvalue weighted by molar-refractivity contribution is -0.144. The van der Waals surface area contributed by atoms with Crippen LogP contribution in [0.3, 0.4) is 0 Å². The van der Waals surface area contributed by atoms with Gasteiger partial charge in [-0.3, -0.25) is 0 Å². The van der Waals surface area contributed by atoms with Crippen molar-refractivity contribution in [2.24, 2.45) is 0 Å². The molecule has 0 aliphatic heterocycles. The summed E-state index contributed by atoms with van der Waals surface area (Å²) < 4.78 is 259. The van der Waals surface area contributed by atoms with E-state index in [9.17, 15) is 84.3 Å². The van der Waals surface area contributed by atoms with Crippen LogP contribution in [0.4, 0.5) is 79.0 Å². The average Bonchev–Trinajstić information content (AvgIpc) is 3.96. The monoisotopic (exact) mass is 1150 g/mol. The second kappa shape index (κ2) is 19.0. The lowest BCUT2D eigenvalue weighted by Crippen LogP contribution is -2.11. The van der Waals surface area contributed by atoms with Crippen molar-refractivity contribution in [3.63, 3.8) is 0 Å². The molecule has 11 rings (SSSR count). The number of nitriles is 1. The minimum Gasteiger partial charge on any atom is -0.309 e. The molecule has 0 saturated carbocycles. The predicted molar refractivity (Wildman–Crippen MR) is 272 cm³/mol. The van der Waals surface area contributed by atoms with Gasteiger partial charge in [-0.05, 0) is 149 Å². The fourth-order valence-electron chi connectivity index (χ4n) is 10.3. The summed E-state index contributed by atoms with van der Waals surface area (Å²) in [6, 6.07) is 34.3. The number of para-hydroxylation sites is 2. The van der Waals surface area contributed by atoms with Crippen LogP contribution in [-0.2, 0) is 37.1 Å². The Labute approximate surface area is 449 Å². The highest BCUT2D eigenvalue weighted by atomic mass is 19.4. The van der Waals surface area contributed by atoms with E-state index < -0.39 is 87.1 Å². The molecule has 82 heavy (non-hydrogen) atoms. The van der Waals surface area contributed by atoms with Crippen molar-refractivity contribution in [1.29, 1.82) is 5.26 Å². The normalized spacial score (nSPS) is 13.0. The molecular formula is C61H29F18N3. The molecule has 0 N–H and O–H groups in total. The molecule has 0 saturated heterocycles. The van der Waals surface area contributed by atoms with Gasteiger partial charge in [0.15, 0.2) is 0 Å². The van der Waals surface area contributed by atoms with Crippen molar-refractivity contribution in [1.82, 2.24) is 9.13 Å². The molecule has 0 spiro atoms. The van der Waals surface area contributed by atoms with Gasteiger partial charge in [0.05, 0.1) is 78.5 Å². The molecule has 21 heteroatoms. The van der Waals surface area contributed by atoms with Crippen molar-refractivity contribution < 1.29 is 79.0 Å². The van der Waals surface area contributed by atoms with Crippen molar-refractivity contribution in [3.05, 3.63) is 215 Å². The topological polar surface area (TPSA) is 33.6 Å². The van der Waals surface area contributed by atoms with Crippen LogP contribution in [0.2, 0.25) is 0 Å². The molecule has 414 valence electrons. The van der Waals surface area contributed by atoms with E-state index in [4.69, 9.17) is 0 Å². The first-order chi connectivity index (χ1) is 38.4. The van der Waals surface area contributed by atoms with Gasteiger partial charge in [0.2, 0.25) is 0 Å². The Morgan fingerprint density at radius 2 is 0.598 bits per heavy atom. The molecule has 0 amide bonds. The number of halogens is 18. The Balaban J connectivity index is 1.20. The lowest BCUT2D eigenvalue weighted by atomic mass is 9.93. The van der Waals surface area contributed by atoms with E-state index in [2.05, 4.69) is 0 Å². The Kier molecular flexibility index (Phi) is 12.7. The quantitative estimate of drug-likeness (QED) is 0.153. The second-order valence-corrected chi connectivity index (χ2v) is 19.1. The van der Waals surface area contributed by atoms with Gasteiger partial charge in [-0.25, -0.2) is 0 Å². The van der Waals surface area contributed by atoms with Gasteiger partial charge in [0, 0.05) is 32.7 Å². The molecular weight excluding hydrogens is 1120 g/mol. The molecule has 0 radical (unpaired) electrons. The number of alkyl halides is 18. The Bertz CT molecular complexity index is 4340. The van der Waals surface area contributed by atoms with Crippen LogP contribution >= 0.6 is 0 Å².